The summed E-state index contributed by atoms with van der Waals surface area (Å²) in [6.45, 7) is 5.83. The van der Waals surface area contributed by atoms with Gasteiger partial charge in [-0.25, -0.2) is 4.39 Å². The molecule has 3 rings (SSSR count). The summed E-state index contributed by atoms with van der Waals surface area (Å²) in [7, 11) is 0. The van der Waals surface area contributed by atoms with Gasteiger partial charge in [0.2, 0.25) is 0 Å². The van der Waals surface area contributed by atoms with Crippen LogP contribution in [0.15, 0.2) is 48.7 Å². The number of halogens is 1. The minimum atomic E-state index is -0.325. The van der Waals surface area contributed by atoms with E-state index < -0.39 is 0 Å². The van der Waals surface area contributed by atoms with E-state index in [2.05, 4.69) is 42.0 Å². The van der Waals surface area contributed by atoms with Crippen LogP contribution in [-0.4, -0.2) is 17.7 Å². The van der Waals surface area contributed by atoms with Crippen molar-refractivity contribution in [1.82, 2.24) is 4.57 Å². The molecule has 0 saturated carbocycles. The van der Waals surface area contributed by atoms with Crippen molar-refractivity contribution < 1.29 is 9.13 Å². The van der Waals surface area contributed by atoms with Crippen molar-refractivity contribution in [2.24, 2.45) is 5.73 Å². The third kappa shape index (κ3) is 3.54. The summed E-state index contributed by atoms with van der Waals surface area (Å²) in [6, 6.07) is 13.6. The average Bonchev–Trinajstić information content (AvgIpc) is 2.99. The topological polar surface area (TPSA) is 40.2 Å². The lowest BCUT2D eigenvalue weighted by molar-refractivity contribution is 0.321. The molecule has 0 bridgehead atoms. The minimum absolute atomic E-state index is 0.0706. The van der Waals surface area contributed by atoms with Crippen molar-refractivity contribution in [1.29, 1.82) is 0 Å². The molecule has 0 aliphatic rings. The Kier molecular flexibility index (Phi) is 5.39. The quantitative estimate of drug-likeness (QED) is 0.689. The monoisotopic (exact) mass is 340 g/mol. The summed E-state index contributed by atoms with van der Waals surface area (Å²) >= 11 is 0. The highest BCUT2D eigenvalue weighted by molar-refractivity contribution is 5.84. The largest absolute Gasteiger partial charge is 0.491 e. The maximum Gasteiger partial charge on any atom is 0.165 e. The predicted molar refractivity (Wildman–Crippen MR) is 101 cm³/mol. The van der Waals surface area contributed by atoms with Crippen LogP contribution in [0.4, 0.5) is 4.39 Å². The Morgan fingerprint density at radius 2 is 1.96 bits per heavy atom. The van der Waals surface area contributed by atoms with Crippen LogP contribution in [0.5, 0.6) is 5.75 Å². The molecule has 25 heavy (non-hydrogen) atoms. The highest BCUT2D eigenvalue weighted by Gasteiger charge is 2.16. The zero-order valence-corrected chi connectivity index (χ0v) is 14.8. The second kappa shape index (κ2) is 7.70. The van der Waals surface area contributed by atoms with Crippen LogP contribution in [0, 0.1) is 5.82 Å². The van der Waals surface area contributed by atoms with E-state index >= 15 is 0 Å². The molecule has 0 spiro atoms. The van der Waals surface area contributed by atoms with E-state index in [0.29, 0.717) is 18.9 Å². The summed E-state index contributed by atoms with van der Waals surface area (Å²) in [6.07, 6.45) is 2.98. The van der Waals surface area contributed by atoms with Gasteiger partial charge in [-0.1, -0.05) is 24.3 Å². The smallest absolute Gasteiger partial charge is 0.165 e. The Balaban J connectivity index is 1.92. The van der Waals surface area contributed by atoms with Gasteiger partial charge in [0.15, 0.2) is 11.6 Å². The summed E-state index contributed by atoms with van der Waals surface area (Å²) in [5.41, 5.74) is 9.42. The molecule has 0 saturated heterocycles. The van der Waals surface area contributed by atoms with Gasteiger partial charge in [-0.15, -0.1) is 0 Å². The summed E-state index contributed by atoms with van der Waals surface area (Å²) < 4.78 is 21.8. The average molecular weight is 340 g/mol. The lowest BCUT2D eigenvalue weighted by Crippen LogP contribution is -2.15. The molecule has 0 radical (unpaired) electrons. The van der Waals surface area contributed by atoms with E-state index in [1.807, 2.05) is 13.0 Å². The zero-order valence-electron chi connectivity index (χ0n) is 14.8. The van der Waals surface area contributed by atoms with E-state index in [1.54, 1.807) is 12.1 Å². The molecule has 1 aromatic heterocycles. The zero-order chi connectivity index (χ0) is 17.8. The number of hydrogen-bond acceptors (Lipinski definition) is 2. The second-order valence-corrected chi connectivity index (χ2v) is 6.22. The standard InChI is InChI=1S/C21H25FN2O/c1-3-24-14-17(18-7-5-6-8-20(18)24)11-16(13-23)15-9-10-21(25-4-2)19(22)12-15/h5-10,12,14,16H,3-4,11,13,23H2,1-2H3. The van der Waals surface area contributed by atoms with Gasteiger partial charge in [0.25, 0.3) is 0 Å². The Morgan fingerprint density at radius 1 is 1.16 bits per heavy atom. The maximum atomic E-state index is 14.2. The molecular formula is C21H25FN2O. The van der Waals surface area contributed by atoms with Crippen LogP contribution in [0.25, 0.3) is 10.9 Å². The molecular weight excluding hydrogens is 315 g/mol. The van der Waals surface area contributed by atoms with Gasteiger partial charge in [-0.05, 0) is 56.1 Å². The normalized spacial score (nSPS) is 12.5. The molecule has 0 aliphatic heterocycles. The molecule has 4 heteroatoms. The third-order valence-corrected chi connectivity index (χ3v) is 4.69. The fourth-order valence-electron chi connectivity index (χ4n) is 3.39. The molecule has 2 N–H and O–H groups in total. The van der Waals surface area contributed by atoms with Crippen molar-refractivity contribution in [2.45, 2.75) is 32.7 Å². The van der Waals surface area contributed by atoms with Crippen molar-refractivity contribution in [2.75, 3.05) is 13.2 Å². The van der Waals surface area contributed by atoms with Gasteiger partial charge in [0.05, 0.1) is 6.61 Å². The first-order chi connectivity index (χ1) is 12.2. The first-order valence-electron chi connectivity index (χ1n) is 8.87. The van der Waals surface area contributed by atoms with Crippen molar-refractivity contribution in [3.8, 4) is 5.75 Å². The highest BCUT2D eigenvalue weighted by atomic mass is 19.1. The molecule has 2 aromatic carbocycles. The number of aryl methyl sites for hydroxylation is 1. The molecule has 1 unspecified atom stereocenters. The Labute approximate surface area is 148 Å². The van der Waals surface area contributed by atoms with Crippen LogP contribution >= 0.6 is 0 Å². The molecule has 3 nitrogen and oxygen atoms in total. The molecule has 0 amide bonds. The van der Waals surface area contributed by atoms with E-state index in [4.69, 9.17) is 10.5 Å². The van der Waals surface area contributed by atoms with Gasteiger partial charge >= 0.3 is 0 Å². The lowest BCUT2D eigenvalue weighted by atomic mass is 9.91. The first-order valence-corrected chi connectivity index (χ1v) is 8.87. The minimum Gasteiger partial charge on any atom is -0.491 e. The van der Waals surface area contributed by atoms with Crippen LogP contribution < -0.4 is 10.5 Å². The number of nitrogens with zero attached hydrogens (tertiary/aromatic N) is 1. The number of ether oxygens (including phenoxy) is 1. The van der Waals surface area contributed by atoms with Crippen LogP contribution in [-0.2, 0) is 13.0 Å². The Bertz CT molecular complexity index is 856. The summed E-state index contributed by atoms with van der Waals surface area (Å²) in [5, 5.41) is 1.24. The fourth-order valence-corrected chi connectivity index (χ4v) is 3.39. The molecule has 0 aliphatic carbocycles. The van der Waals surface area contributed by atoms with Crippen molar-refractivity contribution in [3.05, 3.63) is 65.6 Å². The van der Waals surface area contributed by atoms with Crippen molar-refractivity contribution in [3.63, 3.8) is 0 Å². The van der Waals surface area contributed by atoms with Gasteiger partial charge in [-0.3, -0.25) is 0 Å². The number of nitrogens with two attached hydrogens (primary N) is 1. The molecule has 0 fully saturated rings. The first kappa shape index (κ1) is 17.5. The van der Waals surface area contributed by atoms with E-state index in [1.165, 1.54) is 16.5 Å². The van der Waals surface area contributed by atoms with Gasteiger partial charge < -0.3 is 15.0 Å². The molecule has 1 heterocycles. The number of para-hydroxylation sites is 1. The van der Waals surface area contributed by atoms with E-state index in [-0.39, 0.29) is 11.7 Å². The Morgan fingerprint density at radius 3 is 2.64 bits per heavy atom. The number of aromatic nitrogens is 1. The number of hydrogen-bond donors (Lipinski definition) is 1. The maximum absolute atomic E-state index is 14.2. The van der Waals surface area contributed by atoms with Crippen LogP contribution in [0.2, 0.25) is 0 Å². The van der Waals surface area contributed by atoms with Crippen LogP contribution in [0.1, 0.15) is 30.9 Å². The number of rotatable bonds is 7. The van der Waals surface area contributed by atoms with E-state index in [9.17, 15) is 4.39 Å². The lowest BCUT2D eigenvalue weighted by Gasteiger charge is -2.16. The highest BCUT2D eigenvalue weighted by Crippen LogP contribution is 2.29. The predicted octanol–water partition coefficient (Wildman–Crippen LogP) is 4.48. The summed E-state index contributed by atoms with van der Waals surface area (Å²) in [4.78, 5) is 0. The van der Waals surface area contributed by atoms with Gasteiger partial charge in [0.1, 0.15) is 0 Å². The molecule has 132 valence electrons. The SMILES string of the molecule is CCOc1ccc(C(CN)Cc2cn(CC)c3ccccc23)cc1F. The summed E-state index contributed by atoms with van der Waals surface area (Å²) in [5.74, 6) is 0.0414. The van der Waals surface area contributed by atoms with Crippen molar-refractivity contribution >= 4 is 10.9 Å². The molecule has 1 atom stereocenters. The molecule has 3 aromatic rings. The number of fused-ring (bicyclic) bond motifs is 1. The van der Waals surface area contributed by atoms with Gasteiger partial charge in [-0.2, -0.15) is 0 Å². The van der Waals surface area contributed by atoms with Gasteiger partial charge in [0, 0.05) is 29.6 Å². The second-order valence-electron chi connectivity index (χ2n) is 6.22. The fraction of sp³-hybridized carbons (Fsp3) is 0.333. The van der Waals surface area contributed by atoms with Crippen LogP contribution in [0.3, 0.4) is 0 Å². The number of benzene rings is 2. The van der Waals surface area contributed by atoms with E-state index in [0.717, 1.165) is 18.5 Å². The third-order valence-electron chi connectivity index (χ3n) is 4.69. The Hall–Kier alpha value is -2.33.